The second-order valence-electron chi connectivity index (χ2n) is 5.22. The number of ketones is 1. The summed E-state index contributed by atoms with van der Waals surface area (Å²) in [4.78, 5) is 11.8. The highest BCUT2D eigenvalue weighted by Crippen LogP contribution is 2.20. The van der Waals surface area contributed by atoms with Crippen LogP contribution in [-0.4, -0.2) is 20.7 Å². The van der Waals surface area contributed by atoms with Gasteiger partial charge in [-0.05, 0) is 53.8 Å². The Balaban J connectivity index is 2.05. The monoisotopic (exact) mass is 418 g/mol. The lowest BCUT2D eigenvalue weighted by atomic mass is 10.1. The van der Waals surface area contributed by atoms with Crippen LogP contribution < -0.4 is 5.43 Å². The van der Waals surface area contributed by atoms with Crippen LogP contribution in [0.25, 0.3) is 11.4 Å². The number of nitrogens with one attached hydrogen (secondary N) is 1. The number of benzene rings is 2. The Kier molecular flexibility index (Phi) is 4.42. The standard InChI is InChI=1S/C17H15IN4O/c1-11-3-5-13(6-4-11)17-20-19-16(12(2)23)22(17)21-15-9-7-14(18)8-10-15/h3-10,21H,1-2H3. The maximum Gasteiger partial charge on any atom is 0.219 e. The van der Waals surface area contributed by atoms with Gasteiger partial charge < -0.3 is 0 Å². The predicted octanol–water partition coefficient (Wildman–Crippen LogP) is 3.94. The van der Waals surface area contributed by atoms with Gasteiger partial charge in [-0.25, -0.2) is 4.68 Å². The van der Waals surface area contributed by atoms with E-state index in [0.717, 1.165) is 20.4 Å². The Bertz CT molecular complexity index is 838. The van der Waals surface area contributed by atoms with E-state index in [2.05, 4.69) is 38.2 Å². The molecule has 0 atom stereocenters. The Morgan fingerprint density at radius 1 is 1.04 bits per heavy atom. The third kappa shape index (κ3) is 3.42. The molecule has 5 nitrogen and oxygen atoms in total. The zero-order valence-corrected chi connectivity index (χ0v) is 14.9. The number of hydrogen-bond donors (Lipinski definition) is 1. The van der Waals surface area contributed by atoms with E-state index in [4.69, 9.17) is 0 Å². The Morgan fingerprint density at radius 2 is 1.70 bits per heavy atom. The lowest BCUT2D eigenvalue weighted by molar-refractivity contribution is 0.100. The largest absolute Gasteiger partial charge is 0.291 e. The van der Waals surface area contributed by atoms with Gasteiger partial charge in [-0.2, -0.15) is 0 Å². The van der Waals surface area contributed by atoms with Gasteiger partial charge in [-0.3, -0.25) is 10.2 Å². The lowest BCUT2D eigenvalue weighted by Crippen LogP contribution is -2.17. The van der Waals surface area contributed by atoms with Crippen LogP contribution in [-0.2, 0) is 0 Å². The molecule has 0 aliphatic carbocycles. The van der Waals surface area contributed by atoms with E-state index in [9.17, 15) is 4.79 Å². The number of halogens is 1. The number of carbonyl (C=O) groups is 1. The third-order valence-electron chi connectivity index (χ3n) is 3.37. The molecule has 0 saturated carbocycles. The van der Waals surface area contributed by atoms with Crippen LogP contribution in [0.2, 0.25) is 0 Å². The van der Waals surface area contributed by atoms with Crippen molar-refractivity contribution < 1.29 is 4.79 Å². The number of anilines is 1. The Morgan fingerprint density at radius 3 is 2.30 bits per heavy atom. The molecule has 1 heterocycles. The van der Waals surface area contributed by atoms with Crippen molar-refractivity contribution in [3.8, 4) is 11.4 Å². The van der Waals surface area contributed by atoms with Crippen molar-refractivity contribution in [2.24, 2.45) is 0 Å². The summed E-state index contributed by atoms with van der Waals surface area (Å²) in [5, 5.41) is 8.21. The Hall–Kier alpha value is -2.22. The minimum atomic E-state index is -0.145. The van der Waals surface area contributed by atoms with E-state index in [1.54, 1.807) is 4.68 Å². The van der Waals surface area contributed by atoms with Gasteiger partial charge in [0.15, 0.2) is 11.6 Å². The molecule has 0 bridgehead atoms. The molecule has 3 rings (SSSR count). The van der Waals surface area contributed by atoms with Gasteiger partial charge in [0.05, 0.1) is 5.69 Å². The average molecular weight is 418 g/mol. The molecule has 2 aromatic carbocycles. The van der Waals surface area contributed by atoms with Crippen molar-refractivity contribution in [2.45, 2.75) is 13.8 Å². The molecule has 0 spiro atoms. The van der Waals surface area contributed by atoms with E-state index < -0.39 is 0 Å². The summed E-state index contributed by atoms with van der Waals surface area (Å²) in [6, 6.07) is 15.8. The van der Waals surface area contributed by atoms with Gasteiger partial charge in [0, 0.05) is 16.1 Å². The number of nitrogens with zero attached hydrogens (tertiary/aromatic N) is 3. The number of carbonyl (C=O) groups excluding carboxylic acids is 1. The molecule has 0 saturated heterocycles. The first-order valence-electron chi connectivity index (χ1n) is 7.10. The third-order valence-corrected chi connectivity index (χ3v) is 4.09. The first kappa shape index (κ1) is 15.7. The van der Waals surface area contributed by atoms with Crippen molar-refractivity contribution in [3.05, 3.63) is 63.5 Å². The maximum atomic E-state index is 11.8. The normalized spacial score (nSPS) is 10.6. The molecule has 0 unspecified atom stereocenters. The van der Waals surface area contributed by atoms with Crippen LogP contribution in [0, 0.1) is 10.5 Å². The van der Waals surface area contributed by atoms with Gasteiger partial charge in [-0.1, -0.05) is 29.8 Å². The zero-order valence-electron chi connectivity index (χ0n) is 12.7. The predicted molar refractivity (Wildman–Crippen MR) is 98.4 cm³/mol. The van der Waals surface area contributed by atoms with Gasteiger partial charge in [-0.15, -0.1) is 10.2 Å². The first-order valence-corrected chi connectivity index (χ1v) is 8.18. The number of aromatic nitrogens is 3. The van der Waals surface area contributed by atoms with Crippen molar-refractivity contribution >= 4 is 34.1 Å². The van der Waals surface area contributed by atoms with Crippen LogP contribution in [0.15, 0.2) is 48.5 Å². The molecule has 1 aromatic heterocycles. The van der Waals surface area contributed by atoms with Crippen molar-refractivity contribution in [1.82, 2.24) is 14.9 Å². The molecule has 0 aliphatic heterocycles. The fourth-order valence-electron chi connectivity index (χ4n) is 2.16. The second kappa shape index (κ2) is 6.49. The van der Waals surface area contributed by atoms with Crippen molar-refractivity contribution in [1.29, 1.82) is 0 Å². The average Bonchev–Trinajstić information content (AvgIpc) is 2.94. The topological polar surface area (TPSA) is 59.8 Å². The highest BCUT2D eigenvalue weighted by atomic mass is 127. The number of aryl methyl sites for hydroxylation is 1. The summed E-state index contributed by atoms with van der Waals surface area (Å²) in [5.74, 6) is 0.738. The Labute approximate surface area is 147 Å². The molecule has 6 heteroatoms. The second-order valence-corrected chi connectivity index (χ2v) is 6.47. The zero-order chi connectivity index (χ0) is 16.4. The fourth-order valence-corrected chi connectivity index (χ4v) is 2.52. The molecule has 116 valence electrons. The number of rotatable bonds is 4. The number of hydrogen-bond acceptors (Lipinski definition) is 4. The van der Waals surface area contributed by atoms with Gasteiger partial charge in [0.25, 0.3) is 0 Å². The SMILES string of the molecule is CC(=O)c1nnc(-c2ccc(C)cc2)n1Nc1ccc(I)cc1. The lowest BCUT2D eigenvalue weighted by Gasteiger charge is -2.12. The summed E-state index contributed by atoms with van der Waals surface area (Å²) in [6.45, 7) is 3.51. The molecule has 0 fully saturated rings. The summed E-state index contributed by atoms with van der Waals surface area (Å²) in [7, 11) is 0. The number of Topliss-reactive ketones (excluding diaryl/α,β-unsaturated/α-hetero) is 1. The minimum absolute atomic E-state index is 0.145. The molecule has 0 amide bonds. The fraction of sp³-hybridized carbons (Fsp3) is 0.118. The molecule has 0 radical (unpaired) electrons. The van der Waals surface area contributed by atoms with E-state index in [-0.39, 0.29) is 11.6 Å². The van der Waals surface area contributed by atoms with Crippen LogP contribution >= 0.6 is 22.6 Å². The molecule has 0 aliphatic rings. The summed E-state index contributed by atoms with van der Waals surface area (Å²) in [5.41, 5.74) is 6.13. The highest BCUT2D eigenvalue weighted by molar-refractivity contribution is 14.1. The molecule has 3 aromatic rings. The van der Waals surface area contributed by atoms with E-state index in [1.807, 2.05) is 55.5 Å². The van der Waals surface area contributed by atoms with Gasteiger partial charge in [0.2, 0.25) is 5.82 Å². The van der Waals surface area contributed by atoms with Crippen molar-refractivity contribution in [3.63, 3.8) is 0 Å². The smallest absolute Gasteiger partial charge is 0.219 e. The molecular formula is C17H15IN4O. The van der Waals surface area contributed by atoms with E-state index in [1.165, 1.54) is 6.92 Å². The maximum absolute atomic E-state index is 11.8. The van der Waals surface area contributed by atoms with Gasteiger partial charge in [0.1, 0.15) is 0 Å². The van der Waals surface area contributed by atoms with Gasteiger partial charge >= 0.3 is 0 Å². The molecule has 23 heavy (non-hydrogen) atoms. The quantitative estimate of drug-likeness (QED) is 0.515. The van der Waals surface area contributed by atoms with Crippen molar-refractivity contribution in [2.75, 3.05) is 5.43 Å². The summed E-state index contributed by atoms with van der Waals surface area (Å²) >= 11 is 2.25. The highest BCUT2D eigenvalue weighted by Gasteiger charge is 2.17. The van der Waals surface area contributed by atoms with Crippen LogP contribution in [0.1, 0.15) is 23.1 Å². The molecular weight excluding hydrogens is 403 g/mol. The summed E-state index contributed by atoms with van der Waals surface area (Å²) < 4.78 is 2.78. The van der Waals surface area contributed by atoms with Crippen LogP contribution in [0.3, 0.4) is 0 Å². The van der Waals surface area contributed by atoms with E-state index in [0.29, 0.717) is 5.82 Å². The minimum Gasteiger partial charge on any atom is -0.291 e. The van der Waals surface area contributed by atoms with E-state index >= 15 is 0 Å². The first-order chi connectivity index (χ1) is 11.0. The van der Waals surface area contributed by atoms with Crippen LogP contribution in [0.5, 0.6) is 0 Å². The molecule has 1 N–H and O–H groups in total. The summed E-state index contributed by atoms with van der Waals surface area (Å²) in [6.07, 6.45) is 0. The van der Waals surface area contributed by atoms with Crippen LogP contribution in [0.4, 0.5) is 5.69 Å².